The average Bonchev–Trinajstić information content (AvgIpc) is 2.79. The average molecular weight is 288 g/mol. The fourth-order valence-corrected chi connectivity index (χ4v) is 2.16. The molecular weight excluding hydrogens is 268 g/mol. The smallest absolute Gasteiger partial charge is 0.339 e. The van der Waals surface area contributed by atoms with Gasteiger partial charge in [-0.1, -0.05) is 0 Å². The number of hydrogen-bond acceptors (Lipinski definition) is 5. The summed E-state index contributed by atoms with van der Waals surface area (Å²) >= 11 is 0. The lowest BCUT2D eigenvalue weighted by Gasteiger charge is -2.14. The lowest BCUT2D eigenvalue weighted by Crippen LogP contribution is -2.10. The first-order chi connectivity index (χ1) is 10.0. The molecule has 0 aliphatic rings. The minimum absolute atomic E-state index is 0.0830. The van der Waals surface area contributed by atoms with Crippen LogP contribution >= 0.6 is 0 Å². The number of esters is 1. The van der Waals surface area contributed by atoms with Gasteiger partial charge in [-0.2, -0.15) is 5.10 Å². The van der Waals surface area contributed by atoms with Crippen molar-refractivity contribution < 1.29 is 9.53 Å². The molecule has 1 N–H and O–H groups in total. The first-order valence-electron chi connectivity index (χ1n) is 6.91. The maximum absolute atomic E-state index is 11.6. The van der Waals surface area contributed by atoms with Gasteiger partial charge in [-0.3, -0.25) is 4.68 Å². The number of pyridine rings is 1. The Kier molecular flexibility index (Phi) is 4.57. The van der Waals surface area contributed by atoms with Crippen LogP contribution in [-0.2, 0) is 11.8 Å². The van der Waals surface area contributed by atoms with Crippen molar-refractivity contribution in [3.63, 3.8) is 0 Å². The highest BCUT2D eigenvalue weighted by Crippen LogP contribution is 2.20. The molecule has 21 heavy (non-hydrogen) atoms. The maximum atomic E-state index is 11.6. The van der Waals surface area contributed by atoms with Gasteiger partial charge >= 0.3 is 5.97 Å². The molecule has 2 rings (SSSR count). The van der Waals surface area contributed by atoms with Gasteiger partial charge in [0.1, 0.15) is 5.82 Å². The minimum Gasteiger partial charge on any atom is -0.462 e. The van der Waals surface area contributed by atoms with Crippen molar-refractivity contribution >= 4 is 11.8 Å². The van der Waals surface area contributed by atoms with Gasteiger partial charge in [0.25, 0.3) is 0 Å². The van der Waals surface area contributed by atoms with Crippen LogP contribution in [-0.4, -0.2) is 27.3 Å². The molecule has 6 nitrogen and oxygen atoms in total. The van der Waals surface area contributed by atoms with Crippen LogP contribution in [0.3, 0.4) is 0 Å². The molecule has 2 aromatic heterocycles. The normalized spacial score (nSPS) is 12.0. The first kappa shape index (κ1) is 15.0. The van der Waals surface area contributed by atoms with Gasteiger partial charge < -0.3 is 10.1 Å². The number of rotatable bonds is 5. The summed E-state index contributed by atoms with van der Waals surface area (Å²) < 4.78 is 6.72. The molecule has 0 bridgehead atoms. The molecule has 0 radical (unpaired) electrons. The summed E-state index contributed by atoms with van der Waals surface area (Å²) in [5, 5.41) is 7.62. The van der Waals surface area contributed by atoms with Crippen LogP contribution in [0.5, 0.6) is 0 Å². The third-order valence-corrected chi connectivity index (χ3v) is 3.16. The van der Waals surface area contributed by atoms with Crippen LogP contribution in [0.2, 0.25) is 0 Å². The highest BCUT2D eigenvalue weighted by atomic mass is 16.5. The molecule has 2 aromatic rings. The van der Waals surface area contributed by atoms with Gasteiger partial charge in [0.05, 0.1) is 23.9 Å². The van der Waals surface area contributed by atoms with Gasteiger partial charge in [0.15, 0.2) is 0 Å². The Balaban J connectivity index is 2.06. The summed E-state index contributed by atoms with van der Waals surface area (Å²) in [5.74, 6) is 0.353. The van der Waals surface area contributed by atoms with Crippen LogP contribution in [0.15, 0.2) is 24.5 Å². The Labute approximate surface area is 124 Å². The van der Waals surface area contributed by atoms with E-state index in [2.05, 4.69) is 15.4 Å². The fraction of sp³-hybridized carbons (Fsp3) is 0.400. The van der Waals surface area contributed by atoms with Gasteiger partial charge in [0.2, 0.25) is 0 Å². The molecule has 0 spiro atoms. The van der Waals surface area contributed by atoms with Gasteiger partial charge in [-0.25, -0.2) is 9.78 Å². The van der Waals surface area contributed by atoms with E-state index >= 15 is 0 Å². The summed E-state index contributed by atoms with van der Waals surface area (Å²) in [4.78, 5) is 15.8. The van der Waals surface area contributed by atoms with Crippen molar-refractivity contribution in [1.82, 2.24) is 14.8 Å². The Morgan fingerprint density at radius 1 is 1.48 bits per heavy atom. The van der Waals surface area contributed by atoms with E-state index < -0.39 is 0 Å². The van der Waals surface area contributed by atoms with Gasteiger partial charge in [-0.15, -0.1) is 0 Å². The third kappa shape index (κ3) is 3.59. The first-order valence-corrected chi connectivity index (χ1v) is 6.91. The van der Waals surface area contributed by atoms with E-state index in [1.54, 1.807) is 23.7 Å². The Morgan fingerprint density at radius 2 is 2.24 bits per heavy atom. The number of hydrogen-bond donors (Lipinski definition) is 1. The largest absolute Gasteiger partial charge is 0.462 e. The number of carbonyl (C=O) groups excluding carboxylic acids is 1. The topological polar surface area (TPSA) is 69.0 Å². The van der Waals surface area contributed by atoms with E-state index in [1.165, 1.54) is 6.20 Å². The molecule has 1 unspecified atom stereocenters. The Bertz CT molecular complexity index is 619. The van der Waals surface area contributed by atoms with Crippen LogP contribution in [0.25, 0.3) is 0 Å². The van der Waals surface area contributed by atoms with Crippen molar-refractivity contribution in [1.29, 1.82) is 0 Å². The molecule has 0 saturated carbocycles. The quantitative estimate of drug-likeness (QED) is 0.856. The van der Waals surface area contributed by atoms with Crippen molar-refractivity contribution in [2.45, 2.75) is 26.8 Å². The number of nitrogens with one attached hydrogen (secondary N) is 1. The monoisotopic (exact) mass is 288 g/mol. The molecule has 0 aliphatic heterocycles. The summed E-state index contributed by atoms with van der Waals surface area (Å²) in [7, 11) is 1.90. The Hall–Kier alpha value is -2.37. The maximum Gasteiger partial charge on any atom is 0.339 e. The zero-order valence-electron chi connectivity index (χ0n) is 12.8. The number of aryl methyl sites for hydroxylation is 2. The third-order valence-electron chi connectivity index (χ3n) is 3.16. The van der Waals surface area contributed by atoms with E-state index in [9.17, 15) is 4.79 Å². The molecule has 2 heterocycles. The number of aromatic nitrogens is 3. The molecule has 0 aromatic carbocycles. The lowest BCUT2D eigenvalue weighted by molar-refractivity contribution is 0.0526. The van der Waals surface area contributed by atoms with E-state index in [4.69, 9.17) is 4.74 Å². The molecular formula is C15H20N4O2. The minimum atomic E-state index is -0.354. The van der Waals surface area contributed by atoms with Gasteiger partial charge in [0, 0.05) is 25.0 Å². The van der Waals surface area contributed by atoms with E-state index in [0.29, 0.717) is 18.0 Å². The molecule has 6 heteroatoms. The van der Waals surface area contributed by atoms with E-state index in [-0.39, 0.29) is 12.0 Å². The summed E-state index contributed by atoms with van der Waals surface area (Å²) in [6.07, 6.45) is 3.50. The number of nitrogens with zero attached hydrogens (tertiary/aromatic N) is 3. The number of ether oxygens (including phenoxy) is 1. The molecule has 0 fully saturated rings. The van der Waals surface area contributed by atoms with Crippen LogP contribution in [0, 0.1) is 6.92 Å². The van der Waals surface area contributed by atoms with Crippen LogP contribution in [0.4, 0.5) is 5.82 Å². The molecule has 112 valence electrons. The van der Waals surface area contributed by atoms with E-state index in [1.807, 2.05) is 27.1 Å². The second-order valence-corrected chi connectivity index (χ2v) is 4.86. The van der Waals surface area contributed by atoms with Crippen LogP contribution in [0.1, 0.15) is 41.5 Å². The molecule has 0 aliphatic carbocycles. The second-order valence-electron chi connectivity index (χ2n) is 4.86. The predicted octanol–water partition coefficient (Wildman–Crippen LogP) is 2.47. The zero-order chi connectivity index (χ0) is 15.4. The summed E-state index contributed by atoms with van der Waals surface area (Å²) in [6, 6.07) is 3.56. The van der Waals surface area contributed by atoms with Crippen molar-refractivity contribution in [3.05, 3.63) is 41.3 Å². The molecule has 0 saturated heterocycles. The lowest BCUT2D eigenvalue weighted by atomic mass is 10.1. The highest BCUT2D eigenvalue weighted by Gasteiger charge is 2.13. The zero-order valence-corrected chi connectivity index (χ0v) is 12.8. The van der Waals surface area contributed by atoms with E-state index in [0.717, 1.165) is 11.3 Å². The second kappa shape index (κ2) is 6.39. The standard InChI is InChI=1S/C15H20N4O2/c1-5-21-15(20)12-6-7-14(16-8-12)17-10(2)13-9-19(4)18-11(13)3/h6-10H,5H2,1-4H3,(H,16,17). The molecule has 0 amide bonds. The van der Waals surface area contributed by atoms with Crippen LogP contribution < -0.4 is 5.32 Å². The SMILES string of the molecule is CCOC(=O)c1ccc(NC(C)c2cn(C)nc2C)nc1. The summed E-state index contributed by atoms with van der Waals surface area (Å²) in [5.41, 5.74) is 2.56. The Morgan fingerprint density at radius 3 is 2.76 bits per heavy atom. The number of anilines is 1. The fourth-order valence-electron chi connectivity index (χ4n) is 2.16. The highest BCUT2D eigenvalue weighted by molar-refractivity contribution is 5.89. The summed E-state index contributed by atoms with van der Waals surface area (Å²) in [6.45, 7) is 6.16. The molecule has 1 atom stereocenters. The van der Waals surface area contributed by atoms with Crippen molar-refractivity contribution in [2.24, 2.45) is 7.05 Å². The van der Waals surface area contributed by atoms with Crippen molar-refractivity contribution in [3.8, 4) is 0 Å². The predicted molar refractivity (Wildman–Crippen MR) is 80.2 cm³/mol. The number of carbonyl (C=O) groups is 1. The van der Waals surface area contributed by atoms with Crippen molar-refractivity contribution in [2.75, 3.05) is 11.9 Å². The van der Waals surface area contributed by atoms with Gasteiger partial charge in [-0.05, 0) is 32.9 Å².